The topological polar surface area (TPSA) is 58.1 Å². The van der Waals surface area contributed by atoms with Gasteiger partial charge in [0, 0.05) is 12.7 Å². The van der Waals surface area contributed by atoms with Crippen LogP contribution in [0.15, 0.2) is 54.9 Å². The zero-order valence-corrected chi connectivity index (χ0v) is 16.4. The fourth-order valence-corrected chi connectivity index (χ4v) is 4.12. The number of nitrogens with one attached hydrogen (secondary N) is 1. The van der Waals surface area contributed by atoms with E-state index in [0.717, 1.165) is 34.5 Å². The lowest BCUT2D eigenvalue weighted by Crippen LogP contribution is -2.14. The van der Waals surface area contributed by atoms with Gasteiger partial charge in [-0.25, -0.2) is 18.7 Å². The summed E-state index contributed by atoms with van der Waals surface area (Å²) in [6, 6.07) is 13.1. The Morgan fingerprint density at radius 3 is 2.41 bits per heavy atom. The Kier molecular flexibility index (Phi) is 4.94. The van der Waals surface area contributed by atoms with Gasteiger partial charge in [-0.15, -0.1) is 11.3 Å². The molecule has 0 atom stereocenters. The summed E-state index contributed by atoms with van der Waals surface area (Å²) in [5.74, 6) is -1.61. The number of para-hydroxylation sites is 2. The number of carbonyl (C=O) groups is 1. The average molecular weight is 410 g/mol. The van der Waals surface area contributed by atoms with Crippen LogP contribution in [0.5, 0.6) is 0 Å². The third-order valence-corrected chi connectivity index (χ3v) is 5.77. The van der Waals surface area contributed by atoms with Gasteiger partial charge in [-0.3, -0.25) is 4.79 Å². The van der Waals surface area contributed by atoms with Crippen LogP contribution in [0, 0.1) is 18.6 Å². The molecule has 5 nitrogen and oxygen atoms in total. The van der Waals surface area contributed by atoms with Crippen molar-refractivity contribution >= 4 is 44.7 Å². The molecule has 0 bridgehead atoms. The molecule has 2 aromatic carbocycles. The van der Waals surface area contributed by atoms with Gasteiger partial charge in [-0.2, -0.15) is 0 Å². The number of halogens is 2. The first-order chi connectivity index (χ1) is 14.0. The molecule has 2 heterocycles. The van der Waals surface area contributed by atoms with E-state index in [4.69, 9.17) is 0 Å². The number of aryl methyl sites for hydroxylation is 1. The molecule has 2 aromatic heterocycles. The Morgan fingerprint density at radius 1 is 1.03 bits per heavy atom. The average Bonchev–Trinajstić information content (AvgIpc) is 3.08. The highest BCUT2D eigenvalue weighted by Gasteiger charge is 2.22. The van der Waals surface area contributed by atoms with Gasteiger partial charge < -0.3 is 10.2 Å². The molecule has 0 spiro atoms. The lowest BCUT2D eigenvalue weighted by atomic mass is 10.1. The fourth-order valence-electron chi connectivity index (χ4n) is 3.09. The highest BCUT2D eigenvalue weighted by molar-refractivity contribution is 7.20. The van der Waals surface area contributed by atoms with Gasteiger partial charge in [-0.05, 0) is 36.8 Å². The van der Waals surface area contributed by atoms with Crippen LogP contribution in [0.2, 0.25) is 0 Å². The lowest BCUT2D eigenvalue weighted by Gasteiger charge is -2.19. The molecule has 4 aromatic rings. The molecule has 0 aliphatic rings. The summed E-state index contributed by atoms with van der Waals surface area (Å²) >= 11 is 1.16. The van der Waals surface area contributed by atoms with Crippen LogP contribution in [0.4, 0.5) is 26.0 Å². The molecule has 146 valence electrons. The number of carbonyl (C=O) groups excluding carboxylic acids is 1. The molecular formula is C21H16F2N4OS. The monoisotopic (exact) mass is 410 g/mol. The Balaban J connectivity index is 1.76. The maximum atomic E-state index is 13.9. The quantitative estimate of drug-likeness (QED) is 0.496. The number of hydrogen-bond acceptors (Lipinski definition) is 5. The predicted molar refractivity (Wildman–Crippen MR) is 111 cm³/mol. The minimum absolute atomic E-state index is 0.325. The molecule has 1 amide bonds. The number of hydrogen-bond donors (Lipinski definition) is 1. The van der Waals surface area contributed by atoms with Gasteiger partial charge in [0.05, 0.1) is 10.3 Å². The van der Waals surface area contributed by atoms with Gasteiger partial charge in [0.2, 0.25) is 0 Å². The van der Waals surface area contributed by atoms with E-state index in [1.165, 1.54) is 12.4 Å². The standard InChI is InChI=1S/C21H16F2N4OS/c1-12-16-19(27(2)13-7-4-3-5-8-13)24-11-25-21(16)29-18(12)20(28)26-17-14(22)9-6-10-15(17)23/h3-11H,1-2H3,(H,26,28). The largest absolute Gasteiger partial charge is 0.329 e. The number of amides is 1. The first-order valence-electron chi connectivity index (χ1n) is 8.75. The van der Waals surface area contributed by atoms with E-state index in [2.05, 4.69) is 15.3 Å². The van der Waals surface area contributed by atoms with E-state index >= 15 is 0 Å². The predicted octanol–water partition coefficient (Wildman–Crippen LogP) is 5.30. The number of benzene rings is 2. The van der Waals surface area contributed by atoms with Crippen LogP contribution in [0.1, 0.15) is 15.2 Å². The van der Waals surface area contributed by atoms with Crippen molar-refractivity contribution in [3.63, 3.8) is 0 Å². The summed E-state index contributed by atoms with van der Waals surface area (Å²) in [7, 11) is 1.88. The Labute approximate surface area is 169 Å². The lowest BCUT2D eigenvalue weighted by molar-refractivity contribution is 0.102. The smallest absolute Gasteiger partial charge is 0.266 e. The summed E-state index contributed by atoms with van der Waals surface area (Å²) in [5, 5.41) is 3.06. The molecule has 0 aliphatic carbocycles. The highest BCUT2D eigenvalue weighted by atomic mass is 32.1. The number of anilines is 3. The molecule has 4 rings (SSSR count). The van der Waals surface area contributed by atoms with Gasteiger partial charge >= 0.3 is 0 Å². The molecule has 29 heavy (non-hydrogen) atoms. The normalized spacial score (nSPS) is 10.9. The molecule has 0 radical (unpaired) electrons. The Bertz CT molecular complexity index is 1190. The molecule has 0 fully saturated rings. The van der Waals surface area contributed by atoms with E-state index in [1.807, 2.05) is 42.3 Å². The van der Waals surface area contributed by atoms with Gasteiger partial charge in [0.1, 0.15) is 34.3 Å². The third-order valence-electron chi connectivity index (χ3n) is 4.58. The zero-order chi connectivity index (χ0) is 20.5. The van der Waals surface area contributed by atoms with Crippen molar-refractivity contribution in [2.45, 2.75) is 6.92 Å². The molecule has 1 N–H and O–H groups in total. The Morgan fingerprint density at radius 2 is 1.72 bits per heavy atom. The number of rotatable bonds is 4. The fraction of sp³-hybridized carbons (Fsp3) is 0.0952. The van der Waals surface area contributed by atoms with Crippen molar-refractivity contribution in [3.8, 4) is 0 Å². The molecule has 0 saturated carbocycles. The van der Waals surface area contributed by atoms with Crippen molar-refractivity contribution in [1.82, 2.24) is 9.97 Å². The minimum atomic E-state index is -0.832. The van der Waals surface area contributed by atoms with Crippen LogP contribution >= 0.6 is 11.3 Å². The second-order valence-corrected chi connectivity index (χ2v) is 7.38. The number of aromatic nitrogens is 2. The summed E-state index contributed by atoms with van der Waals surface area (Å²) in [6.45, 7) is 1.77. The second-order valence-electron chi connectivity index (χ2n) is 6.38. The third kappa shape index (κ3) is 3.42. The van der Waals surface area contributed by atoms with Crippen LogP contribution in [0.3, 0.4) is 0 Å². The molecule has 0 aliphatic heterocycles. The summed E-state index contributed by atoms with van der Waals surface area (Å²) in [5.41, 5.74) is 1.11. The van der Waals surface area contributed by atoms with Crippen LogP contribution in [-0.2, 0) is 0 Å². The molecule has 8 heteroatoms. The van der Waals surface area contributed by atoms with Crippen molar-refractivity contribution in [2.75, 3.05) is 17.3 Å². The van der Waals surface area contributed by atoms with Crippen molar-refractivity contribution in [2.24, 2.45) is 0 Å². The van der Waals surface area contributed by atoms with Crippen LogP contribution < -0.4 is 10.2 Å². The summed E-state index contributed by atoms with van der Waals surface area (Å²) in [6.07, 6.45) is 1.44. The number of thiophene rings is 1. The highest BCUT2D eigenvalue weighted by Crippen LogP contribution is 2.37. The van der Waals surface area contributed by atoms with Crippen LogP contribution in [-0.4, -0.2) is 22.9 Å². The maximum absolute atomic E-state index is 13.9. The molecule has 0 saturated heterocycles. The Hall–Kier alpha value is -3.39. The van der Waals surface area contributed by atoms with E-state index in [0.29, 0.717) is 21.1 Å². The van der Waals surface area contributed by atoms with E-state index < -0.39 is 23.2 Å². The van der Waals surface area contributed by atoms with Gasteiger partial charge in [0.15, 0.2) is 0 Å². The van der Waals surface area contributed by atoms with Crippen LogP contribution in [0.25, 0.3) is 10.2 Å². The second kappa shape index (κ2) is 7.56. The minimum Gasteiger partial charge on any atom is -0.329 e. The maximum Gasteiger partial charge on any atom is 0.266 e. The number of fused-ring (bicyclic) bond motifs is 1. The van der Waals surface area contributed by atoms with Gasteiger partial charge in [-0.1, -0.05) is 24.3 Å². The first-order valence-corrected chi connectivity index (χ1v) is 9.57. The van der Waals surface area contributed by atoms with E-state index in [1.54, 1.807) is 6.92 Å². The molecular weight excluding hydrogens is 394 g/mol. The van der Waals surface area contributed by atoms with Crippen molar-refractivity contribution in [3.05, 3.63) is 76.9 Å². The summed E-state index contributed by atoms with van der Waals surface area (Å²) < 4.78 is 27.8. The van der Waals surface area contributed by atoms with Gasteiger partial charge in [0.25, 0.3) is 5.91 Å². The zero-order valence-electron chi connectivity index (χ0n) is 15.6. The van der Waals surface area contributed by atoms with E-state index in [9.17, 15) is 13.6 Å². The van der Waals surface area contributed by atoms with Crippen molar-refractivity contribution < 1.29 is 13.6 Å². The molecule has 0 unspecified atom stereocenters. The number of nitrogens with zero attached hydrogens (tertiary/aromatic N) is 3. The SMILES string of the molecule is Cc1c(C(=O)Nc2c(F)cccc2F)sc2ncnc(N(C)c3ccccc3)c12. The first kappa shape index (κ1) is 18.9. The van der Waals surface area contributed by atoms with Crippen molar-refractivity contribution in [1.29, 1.82) is 0 Å². The van der Waals surface area contributed by atoms with E-state index in [-0.39, 0.29) is 0 Å². The summed E-state index contributed by atoms with van der Waals surface area (Å²) in [4.78, 5) is 24.3.